The Morgan fingerprint density at radius 2 is 2.14 bits per heavy atom. The van der Waals surface area contributed by atoms with Crippen molar-refractivity contribution in [2.45, 2.75) is 25.8 Å². The van der Waals surface area contributed by atoms with Gasteiger partial charge >= 0.3 is 5.97 Å². The zero-order valence-corrected chi connectivity index (χ0v) is 12.6. The number of rotatable bonds is 4. The molecule has 5 nitrogen and oxygen atoms in total. The predicted molar refractivity (Wildman–Crippen MR) is 81.8 cm³/mol. The van der Waals surface area contributed by atoms with Crippen LogP contribution < -0.4 is 0 Å². The maximum absolute atomic E-state index is 11.2. The fraction of sp³-hybridized carbons (Fsp3) is 0.267. The summed E-state index contributed by atoms with van der Waals surface area (Å²) in [5, 5.41) is 19.4. The molecule has 0 aliphatic carbocycles. The number of carboxylic acids is 1. The molecule has 108 valence electrons. The smallest absolute Gasteiger partial charge is 0.338 e. The molecule has 6 heteroatoms. The molecule has 21 heavy (non-hydrogen) atoms. The van der Waals surface area contributed by atoms with Gasteiger partial charge in [-0.05, 0) is 23.6 Å². The Morgan fingerprint density at radius 1 is 1.33 bits per heavy atom. The summed E-state index contributed by atoms with van der Waals surface area (Å²) in [6, 6.07) is 9.26. The van der Waals surface area contributed by atoms with Gasteiger partial charge in [0, 0.05) is 10.3 Å². The lowest BCUT2D eigenvalue weighted by Gasteiger charge is -2.23. The Bertz CT molecular complexity index is 790. The molecule has 0 saturated heterocycles. The van der Waals surface area contributed by atoms with Gasteiger partial charge in [-0.15, -0.1) is 16.4 Å². The zero-order valence-electron chi connectivity index (χ0n) is 11.8. The molecular weight excluding hydrogens is 286 g/mol. The van der Waals surface area contributed by atoms with Crippen molar-refractivity contribution >= 4 is 28.3 Å². The van der Waals surface area contributed by atoms with Crippen molar-refractivity contribution in [3.05, 3.63) is 46.2 Å². The second-order valence-corrected chi connectivity index (χ2v) is 6.53. The summed E-state index contributed by atoms with van der Waals surface area (Å²) >= 11 is 1.71. The van der Waals surface area contributed by atoms with E-state index in [1.807, 2.05) is 12.1 Å². The van der Waals surface area contributed by atoms with Gasteiger partial charge in [0.25, 0.3) is 0 Å². The van der Waals surface area contributed by atoms with E-state index in [-0.39, 0.29) is 11.0 Å². The van der Waals surface area contributed by atoms with Gasteiger partial charge in [0.05, 0.1) is 17.6 Å². The molecule has 1 aromatic carbocycles. The Morgan fingerprint density at radius 3 is 2.81 bits per heavy atom. The van der Waals surface area contributed by atoms with E-state index in [4.69, 9.17) is 0 Å². The average Bonchev–Trinajstić information content (AvgIpc) is 3.08. The van der Waals surface area contributed by atoms with Crippen LogP contribution >= 0.6 is 11.3 Å². The Labute approximate surface area is 125 Å². The highest BCUT2D eigenvalue weighted by atomic mass is 32.1. The van der Waals surface area contributed by atoms with Gasteiger partial charge in [0.15, 0.2) is 0 Å². The van der Waals surface area contributed by atoms with E-state index in [9.17, 15) is 9.90 Å². The van der Waals surface area contributed by atoms with E-state index >= 15 is 0 Å². The van der Waals surface area contributed by atoms with E-state index in [0.717, 1.165) is 5.52 Å². The summed E-state index contributed by atoms with van der Waals surface area (Å²) < 4.78 is 1.78. The number of hydrogen-bond acceptors (Lipinski definition) is 4. The van der Waals surface area contributed by atoms with E-state index in [1.165, 1.54) is 4.88 Å². The molecule has 1 N–H and O–H groups in total. The lowest BCUT2D eigenvalue weighted by atomic mass is 9.91. The van der Waals surface area contributed by atoms with Crippen molar-refractivity contribution in [1.29, 1.82) is 0 Å². The lowest BCUT2D eigenvalue weighted by Crippen LogP contribution is -2.24. The fourth-order valence-electron chi connectivity index (χ4n) is 2.40. The second-order valence-electron chi connectivity index (χ2n) is 5.59. The number of aromatic nitrogens is 3. The van der Waals surface area contributed by atoms with Crippen LogP contribution in [0.5, 0.6) is 0 Å². The Kier molecular flexibility index (Phi) is 3.25. The highest BCUT2D eigenvalue weighted by Gasteiger charge is 2.24. The van der Waals surface area contributed by atoms with Gasteiger partial charge < -0.3 is 5.11 Å². The molecule has 2 heterocycles. The average molecular weight is 301 g/mol. The quantitative estimate of drug-likeness (QED) is 0.803. The standard InChI is InChI=1S/C15H15N3O2S/c1-15(2,12-7-4-8-21-12)9-18-11-6-3-5-10(14(19)20)13(11)16-17-18/h3-8H,9H2,1-2H3,(H,19,20). The minimum atomic E-state index is -0.981. The van der Waals surface area contributed by atoms with Crippen LogP contribution in [-0.2, 0) is 12.0 Å². The third kappa shape index (κ3) is 2.42. The van der Waals surface area contributed by atoms with Crippen LogP contribution in [0.1, 0.15) is 29.1 Å². The van der Waals surface area contributed by atoms with Crippen LogP contribution in [-0.4, -0.2) is 26.1 Å². The highest BCUT2D eigenvalue weighted by Crippen LogP contribution is 2.30. The van der Waals surface area contributed by atoms with Gasteiger partial charge in [-0.3, -0.25) is 0 Å². The summed E-state index contributed by atoms with van der Waals surface area (Å²) in [7, 11) is 0. The van der Waals surface area contributed by atoms with E-state index in [2.05, 4.69) is 35.6 Å². The number of thiophene rings is 1. The first-order chi connectivity index (χ1) is 9.99. The molecule has 0 amide bonds. The zero-order chi connectivity index (χ0) is 15.0. The largest absolute Gasteiger partial charge is 0.478 e. The van der Waals surface area contributed by atoms with E-state index in [0.29, 0.717) is 12.1 Å². The van der Waals surface area contributed by atoms with E-state index in [1.54, 1.807) is 28.2 Å². The second kappa shape index (κ2) is 4.96. The molecule has 2 aromatic heterocycles. The van der Waals surface area contributed by atoms with Crippen molar-refractivity contribution in [3.8, 4) is 0 Å². The summed E-state index contributed by atoms with van der Waals surface area (Å²) in [5.41, 5.74) is 1.28. The lowest BCUT2D eigenvalue weighted by molar-refractivity contribution is 0.0699. The number of fused-ring (bicyclic) bond motifs is 1. The molecule has 0 atom stereocenters. The molecule has 0 bridgehead atoms. The first kappa shape index (κ1) is 13.8. The number of benzene rings is 1. The third-order valence-corrected chi connectivity index (χ3v) is 4.74. The molecule has 3 aromatic rings. The van der Waals surface area contributed by atoms with Gasteiger partial charge in [0.2, 0.25) is 0 Å². The highest BCUT2D eigenvalue weighted by molar-refractivity contribution is 7.10. The number of carboxylic acid groups (broad SMARTS) is 1. The summed E-state index contributed by atoms with van der Waals surface area (Å²) in [6.45, 7) is 4.94. The molecule has 3 rings (SSSR count). The normalized spacial score (nSPS) is 11.9. The van der Waals surface area contributed by atoms with Crippen LogP contribution in [0.2, 0.25) is 0 Å². The van der Waals surface area contributed by atoms with Crippen molar-refractivity contribution in [2.75, 3.05) is 0 Å². The number of aromatic carboxylic acids is 1. The molecular formula is C15H15N3O2S. The van der Waals surface area contributed by atoms with Crippen molar-refractivity contribution in [2.24, 2.45) is 0 Å². The van der Waals surface area contributed by atoms with Crippen LogP contribution in [0.15, 0.2) is 35.7 Å². The third-order valence-electron chi connectivity index (χ3n) is 3.51. The van der Waals surface area contributed by atoms with Crippen molar-refractivity contribution in [3.63, 3.8) is 0 Å². The SMILES string of the molecule is CC(C)(Cn1nnc2c(C(=O)O)cccc21)c1cccs1. The Hall–Kier alpha value is -2.21. The molecule has 0 unspecified atom stereocenters. The first-order valence-electron chi connectivity index (χ1n) is 6.58. The van der Waals surface area contributed by atoms with Crippen LogP contribution in [0.25, 0.3) is 11.0 Å². The molecule has 0 aliphatic rings. The topological polar surface area (TPSA) is 68.0 Å². The van der Waals surface area contributed by atoms with Gasteiger partial charge in [0.1, 0.15) is 5.52 Å². The maximum Gasteiger partial charge on any atom is 0.338 e. The minimum Gasteiger partial charge on any atom is -0.478 e. The van der Waals surface area contributed by atoms with Crippen molar-refractivity contribution < 1.29 is 9.90 Å². The Balaban J connectivity index is 2.03. The summed E-state index contributed by atoms with van der Waals surface area (Å²) in [4.78, 5) is 12.5. The monoisotopic (exact) mass is 301 g/mol. The van der Waals surface area contributed by atoms with Gasteiger partial charge in [-0.2, -0.15) is 0 Å². The molecule has 0 spiro atoms. The van der Waals surface area contributed by atoms with Gasteiger partial charge in [-0.25, -0.2) is 9.48 Å². The first-order valence-corrected chi connectivity index (χ1v) is 7.46. The number of hydrogen-bond donors (Lipinski definition) is 1. The molecule has 0 radical (unpaired) electrons. The maximum atomic E-state index is 11.2. The summed E-state index contributed by atoms with van der Waals surface area (Å²) in [6.07, 6.45) is 0. The molecule has 0 fully saturated rings. The number of carbonyl (C=O) groups is 1. The van der Waals surface area contributed by atoms with Crippen LogP contribution in [0.4, 0.5) is 0 Å². The van der Waals surface area contributed by atoms with Gasteiger partial charge in [-0.1, -0.05) is 31.2 Å². The fourth-order valence-corrected chi connectivity index (χ4v) is 3.24. The minimum absolute atomic E-state index is 0.0893. The van der Waals surface area contributed by atoms with Crippen LogP contribution in [0, 0.1) is 0 Å². The predicted octanol–water partition coefficient (Wildman–Crippen LogP) is 3.17. The van der Waals surface area contributed by atoms with Crippen LogP contribution in [0.3, 0.4) is 0 Å². The van der Waals surface area contributed by atoms with E-state index < -0.39 is 5.97 Å². The summed E-state index contributed by atoms with van der Waals surface area (Å²) in [5.74, 6) is -0.981. The molecule has 0 saturated carbocycles. The van der Waals surface area contributed by atoms with Crippen molar-refractivity contribution in [1.82, 2.24) is 15.0 Å². The number of nitrogens with zero attached hydrogens (tertiary/aromatic N) is 3. The molecule has 0 aliphatic heterocycles.